The van der Waals surface area contributed by atoms with Crippen molar-refractivity contribution < 1.29 is 9.59 Å². The molecule has 0 spiro atoms. The molecule has 28 heavy (non-hydrogen) atoms. The Morgan fingerprint density at radius 3 is 2.68 bits per heavy atom. The second kappa shape index (κ2) is 6.93. The molecule has 0 radical (unpaired) electrons. The molecule has 146 valence electrons. The number of nitrogens with one attached hydrogen (secondary N) is 1. The van der Waals surface area contributed by atoms with E-state index in [0.29, 0.717) is 31.0 Å². The fraction of sp³-hybridized carbons (Fsp3) is 0.409. The Hall–Kier alpha value is -2.89. The number of likely N-dealkylation sites (tertiary alicyclic amines) is 1. The topological polar surface area (TPSA) is 71.4 Å². The molecule has 0 saturated carbocycles. The predicted molar refractivity (Wildman–Crippen MR) is 107 cm³/mol. The first-order chi connectivity index (χ1) is 13.3. The number of aryl methyl sites for hydroxylation is 1. The van der Waals surface area contributed by atoms with Gasteiger partial charge in [-0.3, -0.25) is 19.0 Å². The van der Waals surface area contributed by atoms with Crippen LogP contribution in [-0.4, -0.2) is 40.4 Å². The molecule has 6 heteroatoms. The van der Waals surface area contributed by atoms with Gasteiger partial charge in [0.1, 0.15) is 5.56 Å². The van der Waals surface area contributed by atoms with E-state index in [0.717, 1.165) is 11.3 Å². The minimum absolute atomic E-state index is 0.00502. The van der Waals surface area contributed by atoms with Crippen molar-refractivity contribution in [3.8, 4) is 5.69 Å². The maximum atomic E-state index is 13.2. The summed E-state index contributed by atoms with van der Waals surface area (Å²) in [6.07, 6.45) is 2.18. The van der Waals surface area contributed by atoms with Gasteiger partial charge in [0.05, 0.1) is 6.04 Å². The second-order valence-corrected chi connectivity index (χ2v) is 8.15. The number of carbonyl (C=O) groups is 2. The van der Waals surface area contributed by atoms with Crippen LogP contribution in [0.25, 0.3) is 5.69 Å². The normalized spacial score (nSPS) is 21.1. The number of benzene rings is 1. The van der Waals surface area contributed by atoms with Crippen molar-refractivity contribution in [3.63, 3.8) is 0 Å². The van der Waals surface area contributed by atoms with Gasteiger partial charge in [-0.05, 0) is 42.2 Å². The Morgan fingerprint density at radius 2 is 1.96 bits per heavy atom. The highest BCUT2D eigenvalue weighted by molar-refractivity contribution is 5.96. The highest BCUT2D eigenvalue weighted by Crippen LogP contribution is 2.26. The van der Waals surface area contributed by atoms with Crippen LogP contribution in [0.1, 0.15) is 47.7 Å². The molecule has 2 aromatic rings. The van der Waals surface area contributed by atoms with Crippen LogP contribution in [0.3, 0.4) is 0 Å². The second-order valence-electron chi connectivity index (χ2n) is 8.15. The number of hydrogen-bond acceptors (Lipinski definition) is 3. The van der Waals surface area contributed by atoms with Crippen molar-refractivity contribution in [2.75, 3.05) is 13.1 Å². The Bertz CT molecular complexity index is 992. The molecule has 3 heterocycles. The van der Waals surface area contributed by atoms with Crippen LogP contribution in [0, 0.1) is 12.8 Å². The number of carbonyl (C=O) groups excluding carboxylic acids is 2. The van der Waals surface area contributed by atoms with E-state index in [4.69, 9.17) is 0 Å². The number of hydrogen-bond donors (Lipinski definition) is 1. The lowest BCUT2D eigenvalue weighted by Gasteiger charge is -2.19. The van der Waals surface area contributed by atoms with Crippen molar-refractivity contribution in [3.05, 3.63) is 63.6 Å². The van der Waals surface area contributed by atoms with E-state index < -0.39 is 0 Å². The SMILES string of the molecule is Cc1ccn(-c2cccc(C(C)C)c2)c(=O)c1C(=O)N1C[C@@H]2CC(=O)N[C@@H]2C1. The number of amides is 2. The summed E-state index contributed by atoms with van der Waals surface area (Å²) in [6.45, 7) is 6.98. The molecule has 1 aromatic heterocycles. The van der Waals surface area contributed by atoms with Crippen LogP contribution in [0.15, 0.2) is 41.3 Å². The predicted octanol–water partition coefficient (Wildman–Crippen LogP) is 2.23. The summed E-state index contributed by atoms with van der Waals surface area (Å²) in [6, 6.07) is 9.66. The third-order valence-corrected chi connectivity index (χ3v) is 5.85. The third-order valence-electron chi connectivity index (χ3n) is 5.85. The molecule has 1 aromatic carbocycles. The van der Waals surface area contributed by atoms with Crippen molar-refractivity contribution in [1.29, 1.82) is 0 Å². The molecule has 0 unspecified atom stereocenters. The Labute approximate surface area is 164 Å². The molecule has 2 aliphatic heterocycles. The fourth-order valence-corrected chi connectivity index (χ4v) is 4.19. The Morgan fingerprint density at radius 1 is 1.18 bits per heavy atom. The van der Waals surface area contributed by atoms with Gasteiger partial charge in [-0.25, -0.2) is 0 Å². The van der Waals surface area contributed by atoms with Crippen molar-refractivity contribution in [2.45, 2.75) is 39.2 Å². The maximum absolute atomic E-state index is 13.2. The molecule has 2 amide bonds. The summed E-state index contributed by atoms with van der Waals surface area (Å²) in [4.78, 5) is 39.6. The van der Waals surface area contributed by atoms with Crippen molar-refractivity contribution >= 4 is 11.8 Å². The summed E-state index contributed by atoms with van der Waals surface area (Å²) < 4.78 is 1.55. The van der Waals surface area contributed by atoms with E-state index in [-0.39, 0.29) is 34.9 Å². The van der Waals surface area contributed by atoms with Gasteiger partial charge in [0, 0.05) is 37.3 Å². The number of rotatable bonds is 3. The molecule has 2 aliphatic rings. The van der Waals surface area contributed by atoms with Gasteiger partial charge in [0.25, 0.3) is 11.5 Å². The van der Waals surface area contributed by atoms with Crippen LogP contribution in [0.5, 0.6) is 0 Å². The maximum Gasteiger partial charge on any atom is 0.268 e. The fourth-order valence-electron chi connectivity index (χ4n) is 4.19. The average molecular weight is 379 g/mol. The number of fused-ring (bicyclic) bond motifs is 1. The van der Waals surface area contributed by atoms with Gasteiger partial charge >= 0.3 is 0 Å². The molecule has 6 nitrogen and oxygen atoms in total. The van der Waals surface area contributed by atoms with Gasteiger partial charge in [-0.15, -0.1) is 0 Å². The molecule has 0 bridgehead atoms. The molecular weight excluding hydrogens is 354 g/mol. The lowest BCUT2D eigenvalue weighted by atomic mass is 10.0. The van der Waals surface area contributed by atoms with Crippen LogP contribution >= 0.6 is 0 Å². The highest BCUT2D eigenvalue weighted by atomic mass is 16.2. The smallest absolute Gasteiger partial charge is 0.268 e. The highest BCUT2D eigenvalue weighted by Gasteiger charge is 2.42. The molecule has 1 N–H and O–H groups in total. The average Bonchev–Trinajstić information content (AvgIpc) is 3.19. The summed E-state index contributed by atoms with van der Waals surface area (Å²) >= 11 is 0. The van der Waals surface area contributed by atoms with Gasteiger partial charge in [-0.1, -0.05) is 26.0 Å². The minimum atomic E-state index is -0.299. The van der Waals surface area contributed by atoms with Crippen LogP contribution in [0.2, 0.25) is 0 Å². The monoisotopic (exact) mass is 379 g/mol. The number of pyridine rings is 1. The summed E-state index contributed by atoms with van der Waals surface area (Å²) in [7, 11) is 0. The lowest BCUT2D eigenvalue weighted by Crippen LogP contribution is -2.39. The van der Waals surface area contributed by atoms with E-state index in [2.05, 4.69) is 19.2 Å². The quantitative estimate of drug-likeness (QED) is 0.889. The van der Waals surface area contributed by atoms with Gasteiger partial charge in [0.2, 0.25) is 5.91 Å². The molecule has 2 saturated heterocycles. The third kappa shape index (κ3) is 3.13. The molecule has 0 aliphatic carbocycles. The van der Waals surface area contributed by atoms with Crippen LogP contribution < -0.4 is 10.9 Å². The van der Waals surface area contributed by atoms with Crippen LogP contribution in [-0.2, 0) is 4.79 Å². The van der Waals surface area contributed by atoms with Crippen molar-refractivity contribution in [2.24, 2.45) is 5.92 Å². The minimum Gasteiger partial charge on any atom is -0.351 e. The largest absolute Gasteiger partial charge is 0.351 e. The van der Waals surface area contributed by atoms with E-state index in [9.17, 15) is 14.4 Å². The van der Waals surface area contributed by atoms with Gasteiger partial charge in [0.15, 0.2) is 0 Å². The zero-order chi connectivity index (χ0) is 20.0. The molecule has 4 rings (SSSR count). The molecule has 2 fully saturated rings. The van der Waals surface area contributed by atoms with E-state index in [1.165, 1.54) is 0 Å². The number of nitrogens with zero attached hydrogens (tertiary/aromatic N) is 2. The standard InChI is InChI=1S/C22H25N3O3/c1-13(2)15-5-4-6-17(9-15)25-8-7-14(3)20(22(25)28)21(27)24-11-16-10-19(26)23-18(16)12-24/h4-9,13,16,18H,10-12H2,1-3H3,(H,23,26)/t16-,18+/m0/s1. The summed E-state index contributed by atoms with van der Waals surface area (Å²) in [5, 5.41) is 2.92. The number of aromatic nitrogens is 1. The first-order valence-electron chi connectivity index (χ1n) is 9.76. The lowest BCUT2D eigenvalue weighted by molar-refractivity contribution is -0.119. The van der Waals surface area contributed by atoms with Gasteiger partial charge in [-0.2, -0.15) is 0 Å². The van der Waals surface area contributed by atoms with E-state index in [1.807, 2.05) is 30.3 Å². The Kier molecular flexibility index (Phi) is 4.57. The van der Waals surface area contributed by atoms with Crippen LogP contribution in [0.4, 0.5) is 0 Å². The van der Waals surface area contributed by atoms with E-state index >= 15 is 0 Å². The zero-order valence-corrected chi connectivity index (χ0v) is 16.4. The Balaban J connectivity index is 1.68. The molecular formula is C22H25N3O3. The van der Waals surface area contributed by atoms with Crippen molar-refractivity contribution in [1.82, 2.24) is 14.8 Å². The first kappa shape index (κ1) is 18.5. The summed E-state index contributed by atoms with van der Waals surface area (Å²) in [5.41, 5.74) is 2.49. The summed E-state index contributed by atoms with van der Waals surface area (Å²) in [5.74, 6) is 0.290. The van der Waals surface area contributed by atoms with E-state index in [1.54, 1.807) is 22.6 Å². The zero-order valence-electron chi connectivity index (χ0n) is 16.4. The molecule has 2 atom stereocenters. The van der Waals surface area contributed by atoms with Gasteiger partial charge < -0.3 is 10.2 Å². The first-order valence-corrected chi connectivity index (χ1v) is 9.76.